The van der Waals surface area contributed by atoms with Gasteiger partial charge >= 0.3 is 5.97 Å². The lowest BCUT2D eigenvalue weighted by atomic mass is 9.94. The number of aliphatic carboxylic acids is 1. The number of fused-ring (bicyclic) bond motifs is 1. The Morgan fingerprint density at radius 1 is 1.14 bits per heavy atom. The van der Waals surface area contributed by atoms with Crippen LogP contribution in [-0.2, 0) is 17.8 Å². The molecule has 1 saturated heterocycles. The predicted molar refractivity (Wildman–Crippen MR) is 138 cm³/mol. The van der Waals surface area contributed by atoms with E-state index in [1.165, 1.54) is 0 Å². The molecule has 0 bridgehead atoms. The molecule has 1 aliphatic heterocycles. The van der Waals surface area contributed by atoms with Gasteiger partial charge < -0.3 is 25.0 Å². The van der Waals surface area contributed by atoms with Crippen molar-refractivity contribution in [2.24, 2.45) is 5.73 Å². The van der Waals surface area contributed by atoms with Crippen LogP contribution >= 0.6 is 0 Å². The first-order chi connectivity index (χ1) is 16.8. The molecule has 0 radical (unpaired) electrons. The number of amidine groups is 2. The minimum Gasteiger partial charge on any atom is -0.490 e. The van der Waals surface area contributed by atoms with Gasteiger partial charge in [0.05, 0.1) is 11.8 Å². The summed E-state index contributed by atoms with van der Waals surface area (Å²) >= 11 is 0. The molecule has 5 N–H and O–H groups in total. The molecule has 184 valence electrons. The molecule has 8 heteroatoms. The maximum atomic E-state index is 12.2. The molecule has 1 aromatic heterocycles. The Balaban J connectivity index is 1.50. The summed E-state index contributed by atoms with van der Waals surface area (Å²) < 4.78 is 8.22. The second kappa shape index (κ2) is 10.2. The Morgan fingerprint density at radius 3 is 2.40 bits per heavy atom. The molecule has 2 heterocycles. The number of aromatic nitrogens is 1. The van der Waals surface area contributed by atoms with Gasteiger partial charge in [-0.3, -0.25) is 15.6 Å². The number of aryl methyl sites for hydroxylation is 1. The molecular weight excluding hydrogens is 442 g/mol. The van der Waals surface area contributed by atoms with Crippen LogP contribution in [0, 0.1) is 10.8 Å². The standard InChI is InChI=1S/C27H33N5O3/c1-3-32-21(14-19-4-5-20(26(29)30)15-25(19)32)16-24(27(33)34)18-6-8-22(9-7-18)35-23-10-12-31(13-11-23)17(2)28/h4-9,14-15,23-24,28H,3,10-13,16H2,1-2H3,(H3,29,30)(H,33,34). The van der Waals surface area contributed by atoms with E-state index in [-0.39, 0.29) is 11.9 Å². The third kappa shape index (κ3) is 5.31. The van der Waals surface area contributed by atoms with Crippen LogP contribution in [0.25, 0.3) is 10.9 Å². The lowest BCUT2D eigenvalue weighted by Gasteiger charge is -2.32. The van der Waals surface area contributed by atoms with Crippen LogP contribution in [0.4, 0.5) is 0 Å². The second-order valence-electron chi connectivity index (χ2n) is 9.12. The van der Waals surface area contributed by atoms with Crippen molar-refractivity contribution in [2.75, 3.05) is 13.1 Å². The summed E-state index contributed by atoms with van der Waals surface area (Å²) in [5.74, 6) is -0.218. The van der Waals surface area contributed by atoms with Crippen molar-refractivity contribution in [3.05, 3.63) is 65.4 Å². The van der Waals surface area contributed by atoms with Gasteiger partial charge in [0.15, 0.2) is 0 Å². The molecule has 35 heavy (non-hydrogen) atoms. The van der Waals surface area contributed by atoms with E-state index in [1.807, 2.05) is 62.4 Å². The number of ether oxygens (including phenoxy) is 1. The van der Waals surface area contributed by atoms with Gasteiger partial charge in [-0.2, -0.15) is 0 Å². The summed E-state index contributed by atoms with van der Waals surface area (Å²) in [4.78, 5) is 14.3. The van der Waals surface area contributed by atoms with Crippen LogP contribution in [-0.4, -0.2) is 51.4 Å². The van der Waals surface area contributed by atoms with E-state index in [0.29, 0.717) is 24.4 Å². The van der Waals surface area contributed by atoms with Crippen LogP contribution in [0.5, 0.6) is 5.75 Å². The first-order valence-electron chi connectivity index (χ1n) is 12.0. The van der Waals surface area contributed by atoms with E-state index in [4.69, 9.17) is 21.3 Å². The maximum Gasteiger partial charge on any atom is 0.311 e. The summed E-state index contributed by atoms with van der Waals surface area (Å²) in [6.45, 7) is 6.16. The van der Waals surface area contributed by atoms with E-state index in [2.05, 4.69) is 9.47 Å². The van der Waals surface area contributed by atoms with Crippen molar-refractivity contribution < 1.29 is 14.6 Å². The predicted octanol–water partition coefficient (Wildman–Crippen LogP) is 4.20. The highest BCUT2D eigenvalue weighted by Gasteiger charge is 2.24. The summed E-state index contributed by atoms with van der Waals surface area (Å²) in [6, 6.07) is 15.1. The summed E-state index contributed by atoms with van der Waals surface area (Å²) in [7, 11) is 0. The van der Waals surface area contributed by atoms with Crippen LogP contribution in [0.3, 0.4) is 0 Å². The zero-order valence-corrected chi connectivity index (χ0v) is 20.3. The number of nitrogens with one attached hydrogen (secondary N) is 2. The fourth-order valence-electron chi connectivity index (χ4n) is 4.86. The SMILES string of the molecule is CCn1c(CC(C(=O)O)c2ccc(OC3CCN(C(C)=N)CC3)cc2)cc2ccc(C(=N)N)cc21. The van der Waals surface area contributed by atoms with Crippen molar-refractivity contribution in [1.29, 1.82) is 10.8 Å². The molecule has 0 spiro atoms. The van der Waals surface area contributed by atoms with E-state index in [0.717, 1.165) is 53.8 Å². The molecule has 0 amide bonds. The number of nitrogens with zero attached hydrogens (tertiary/aromatic N) is 2. The number of nitrogen functional groups attached to an aromatic ring is 1. The molecule has 8 nitrogen and oxygen atoms in total. The Morgan fingerprint density at radius 2 is 1.83 bits per heavy atom. The van der Waals surface area contributed by atoms with Gasteiger partial charge in [0, 0.05) is 55.7 Å². The summed E-state index contributed by atoms with van der Waals surface area (Å²) in [5, 5.41) is 26.5. The molecule has 2 aromatic carbocycles. The summed E-state index contributed by atoms with van der Waals surface area (Å²) in [6.07, 6.45) is 2.19. The average molecular weight is 476 g/mol. The number of likely N-dealkylation sites (tertiary alicyclic amines) is 1. The molecular formula is C27H33N5O3. The lowest BCUT2D eigenvalue weighted by molar-refractivity contribution is -0.138. The zero-order chi connectivity index (χ0) is 25.1. The van der Waals surface area contributed by atoms with Crippen LogP contribution in [0.1, 0.15) is 49.4 Å². The summed E-state index contributed by atoms with van der Waals surface area (Å²) in [5.41, 5.74) is 8.94. The quantitative estimate of drug-likeness (QED) is 0.287. The fraction of sp³-hybridized carbons (Fsp3) is 0.370. The number of carbonyl (C=O) groups is 1. The maximum absolute atomic E-state index is 12.2. The Kier molecular flexibility index (Phi) is 7.10. The van der Waals surface area contributed by atoms with Gasteiger partial charge in [0.1, 0.15) is 17.7 Å². The lowest BCUT2D eigenvalue weighted by Crippen LogP contribution is -2.40. The number of benzene rings is 2. The third-order valence-corrected chi connectivity index (χ3v) is 6.83. The van der Waals surface area contributed by atoms with Crippen LogP contribution in [0.15, 0.2) is 48.5 Å². The van der Waals surface area contributed by atoms with E-state index < -0.39 is 11.9 Å². The molecule has 3 aromatic rings. The minimum atomic E-state index is -0.870. The molecule has 0 saturated carbocycles. The number of hydrogen-bond acceptors (Lipinski definition) is 4. The van der Waals surface area contributed by atoms with Gasteiger partial charge in [-0.25, -0.2) is 0 Å². The first-order valence-corrected chi connectivity index (χ1v) is 12.0. The van der Waals surface area contributed by atoms with Gasteiger partial charge in [0.25, 0.3) is 0 Å². The van der Waals surface area contributed by atoms with Crippen molar-refractivity contribution in [3.63, 3.8) is 0 Å². The van der Waals surface area contributed by atoms with E-state index >= 15 is 0 Å². The van der Waals surface area contributed by atoms with Gasteiger partial charge in [-0.05, 0) is 49.1 Å². The first kappa shape index (κ1) is 24.3. The van der Waals surface area contributed by atoms with Crippen molar-refractivity contribution in [1.82, 2.24) is 9.47 Å². The van der Waals surface area contributed by atoms with Crippen molar-refractivity contribution in [2.45, 2.75) is 51.7 Å². The topological polar surface area (TPSA) is 128 Å². The third-order valence-electron chi connectivity index (χ3n) is 6.83. The normalized spacial score (nSPS) is 15.2. The molecule has 0 aliphatic carbocycles. The zero-order valence-electron chi connectivity index (χ0n) is 20.3. The average Bonchev–Trinajstić information content (AvgIpc) is 3.19. The number of nitrogens with two attached hydrogens (primary N) is 1. The molecule has 1 fully saturated rings. The molecule has 1 atom stereocenters. The van der Waals surface area contributed by atoms with Gasteiger partial charge in [-0.1, -0.05) is 24.3 Å². The number of hydrogen-bond donors (Lipinski definition) is 4. The van der Waals surface area contributed by atoms with Crippen molar-refractivity contribution >= 4 is 28.5 Å². The van der Waals surface area contributed by atoms with Crippen molar-refractivity contribution in [3.8, 4) is 5.75 Å². The van der Waals surface area contributed by atoms with Crippen LogP contribution in [0.2, 0.25) is 0 Å². The van der Waals surface area contributed by atoms with E-state index in [1.54, 1.807) is 0 Å². The minimum absolute atomic E-state index is 0.0124. The van der Waals surface area contributed by atoms with Gasteiger partial charge in [0.2, 0.25) is 0 Å². The fourth-order valence-corrected chi connectivity index (χ4v) is 4.86. The Hall–Kier alpha value is -3.81. The highest BCUT2D eigenvalue weighted by atomic mass is 16.5. The smallest absolute Gasteiger partial charge is 0.311 e. The Labute approximate surface area is 205 Å². The van der Waals surface area contributed by atoms with Gasteiger partial charge in [-0.15, -0.1) is 0 Å². The number of carboxylic acids is 1. The second-order valence-corrected chi connectivity index (χ2v) is 9.12. The monoisotopic (exact) mass is 475 g/mol. The highest BCUT2D eigenvalue weighted by molar-refractivity contribution is 5.98. The Bertz CT molecular complexity index is 1240. The number of piperidine rings is 1. The molecule has 4 rings (SSSR count). The molecule has 1 aliphatic rings. The highest BCUT2D eigenvalue weighted by Crippen LogP contribution is 2.29. The number of rotatable bonds is 8. The molecule has 1 unspecified atom stereocenters. The number of carboxylic acid groups (broad SMARTS) is 1. The van der Waals surface area contributed by atoms with E-state index in [9.17, 15) is 9.90 Å². The largest absolute Gasteiger partial charge is 0.490 e. The van der Waals surface area contributed by atoms with Crippen LogP contribution < -0.4 is 10.5 Å².